The fourth-order valence-corrected chi connectivity index (χ4v) is 2.94. The van der Waals surface area contributed by atoms with Crippen LogP contribution < -0.4 is 0 Å². The average Bonchev–Trinajstić information content (AvgIpc) is 2.62. The summed E-state index contributed by atoms with van der Waals surface area (Å²) < 4.78 is 0. The molecule has 0 bridgehead atoms. The van der Waals surface area contributed by atoms with Crippen molar-refractivity contribution in [1.82, 2.24) is 0 Å². The molecular weight excluding hydrogens is 228 g/mol. The van der Waals surface area contributed by atoms with E-state index in [4.69, 9.17) is 0 Å². The lowest BCUT2D eigenvalue weighted by molar-refractivity contribution is 0.660. The van der Waals surface area contributed by atoms with Gasteiger partial charge < -0.3 is 0 Å². The second kappa shape index (κ2) is 5.21. The van der Waals surface area contributed by atoms with E-state index in [0.717, 1.165) is 0 Å². The van der Waals surface area contributed by atoms with E-state index in [1.807, 2.05) is 0 Å². The lowest BCUT2D eigenvalue weighted by atomic mass is 9.82. The molecule has 1 aliphatic rings. The van der Waals surface area contributed by atoms with Crippen LogP contribution in [0.25, 0.3) is 11.1 Å². The molecule has 3 rings (SSSR count). The molecule has 0 atom stereocenters. The Kier molecular flexibility index (Phi) is 3.80. The van der Waals surface area contributed by atoms with Crippen LogP contribution in [-0.4, -0.2) is 0 Å². The van der Waals surface area contributed by atoms with E-state index in [2.05, 4.69) is 77.1 Å². The zero-order valence-electron chi connectivity index (χ0n) is 12.7. The normalized spacial score (nSPS) is 14.2. The van der Waals surface area contributed by atoms with Crippen LogP contribution in [0.5, 0.6) is 0 Å². The van der Waals surface area contributed by atoms with E-state index in [-0.39, 0.29) is 5.41 Å². The van der Waals surface area contributed by atoms with E-state index in [9.17, 15) is 0 Å². The summed E-state index contributed by atoms with van der Waals surface area (Å²) in [4.78, 5) is 0. The third-order valence-corrected chi connectivity index (χ3v) is 3.82. The van der Waals surface area contributed by atoms with Crippen molar-refractivity contribution in [2.45, 2.75) is 46.5 Å². The Morgan fingerprint density at radius 1 is 0.842 bits per heavy atom. The molecule has 0 amide bonds. The number of benzene rings is 2. The van der Waals surface area contributed by atoms with Gasteiger partial charge in [0.2, 0.25) is 0 Å². The molecule has 19 heavy (non-hydrogen) atoms. The molecule has 0 unspecified atom stereocenters. The summed E-state index contributed by atoms with van der Waals surface area (Å²) in [7, 11) is 0. The fraction of sp³-hybridized carbons (Fsp3) is 0.368. The minimum Gasteiger partial charge on any atom is -0.0656 e. The van der Waals surface area contributed by atoms with Crippen molar-refractivity contribution in [2.24, 2.45) is 0 Å². The topological polar surface area (TPSA) is 0 Å². The summed E-state index contributed by atoms with van der Waals surface area (Å²) in [5, 5.41) is 0. The van der Waals surface area contributed by atoms with Crippen LogP contribution in [0, 0.1) is 6.92 Å². The SMILES string of the molecule is CCC.Cc1cccc2c1-c1ccccc1C2(C)C. The minimum atomic E-state index is 0.151. The molecule has 0 heteroatoms. The Labute approximate surface area is 117 Å². The average molecular weight is 252 g/mol. The summed E-state index contributed by atoms with van der Waals surface area (Å²) in [5.74, 6) is 0. The predicted octanol–water partition coefficient (Wildman–Crippen LogP) is 5.72. The molecule has 0 heterocycles. The summed E-state index contributed by atoms with van der Waals surface area (Å²) in [6.45, 7) is 11.1. The van der Waals surface area contributed by atoms with Crippen molar-refractivity contribution >= 4 is 0 Å². The monoisotopic (exact) mass is 252 g/mol. The Balaban J connectivity index is 0.000000408. The van der Waals surface area contributed by atoms with E-state index in [1.54, 1.807) is 0 Å². The van der Waals surface area contributed by atoms with Crippen LogP contribution in [0.15, 0.2) is 42.5 Å². The molecule has 0 aliphatic heterocycles. The highest BCUT2D eigenvalue weighted by atomic mass is 14.4. The standard InChI is InChI=1S/C16H16.C3H8/c1-11-7-6-10-14-15(11)12-8-4-5-9-13(12)16(14,2)3;1-3-2/h4-10H,1-3H3;3H2,1-2H3. The van der Waals surface area contributed by atoms with Gasteiger partial charge >= 0.3 is 0 Å². The minimum absolute atomic E-state index is 0.151. The Morgan fingerprint density at radius 2 is 1.42 bits per heavy atom. The highest BCUT2D eigenvalue weighted by Crippen LogP contribution is 2.49. The van der Waals surface area contributed by atoms with Gasteiger partial charge in [0.15, 0.2) is 0 Å². The first-order chi connectivity index (χ1) is 9.04. The van der Waals surface area contributed by atoms with E-state index < -0.39 is 0 Å². The largest absolute Gasteiger partial charge is 0.0656 e. The van der Waals surface area contributed by atoms with Gasteiger partial charge in [-0.2, -0.15) is 0 Å². The molecule has 0 nitrogen and oxygen atoms in total. The molecule has 0 spiro atoms. The van der Waals surface area contributed by atoms with E-state index >= 15 is 0 Å². The molecule has 2 aromatic rings. The first-order valence-corrected chi connectivity index (χ1v) is 7.24. The number of hydrogen-bond acceptors (Lipinski definition) is 0. The summed E-state index contributed by atoms with van der Waals surface area (Å²) in [5.41, 5.74) is 7.32. The van der Waals surface area contributed by atoms with Crippen molar-refractivity contribution in [3.05, 3.63) is 59.2 Å². The number of hydrogen-bond donors (Lipinski definition) is 0. The molecular formula is C19H24. The van der Waals surface area contributed by atoms with Gasteiger partial charge in [0, 0.05) is 5.41 Å². The van der Waals surface area contributed by atoms with Crippen molar-refractivity contribution in [3.8, 4) is 11.1 Å². The first kappa shape index (κ1) is 13.9. The summed E-state index contributed by atoms with van der Waals surface area (Å²) in [6, 6.07) is 15.4. The molecule has 0 aromatic heterocycles. The van der Waals surface area contributed by atoms with E-state index in [0.29, 0.717) is 0 Å². The maximum atomic E-state index is 2.32. The van der Waals surface area contributed by atoms with Crippen molar-refractivity contribution in [3.63, 3.8) is 0 Å². The summed E-state index contributed by atoms with van der Waals surface area (Å²) >= 11 is 0. The Morgan fingerprint density at radius 3 is 2.11 bits per heavy atom. The van der Waals surface area contributed by atoms with Crippen molar-refractivity contribution in [2.75, 3.05) is 0 Å². The second-order valence-electron chi connectivity index (χ2n) is 5.88. The number of fused-ring (bicyclic) bond motifs is 3. The van der Waals surface area contributed by atoms with E-state index in [1.165, 1.54) is 34.2 Å². The highest BCUT2D eigenvalue weighted by Gasteiger charge is 2.35. The van der Waals surface area contributed by atoms with Crippen molar-refractivity contribution < 1.29 is 0 Å². The number of rotatable bonds is 0. The van der Waals surface area contributed by atoms with Gasteiger partial charge in [-0.3, -0.25) is 0 Å². The van der Waals surface area contributed by atoms with Crippen LogP contribution in [0.4, 0.5) is 0 Å². The molecule has 0 fully saturated rings. The molecule has 2 aromatic carbocycles. The molecule has 0 saturated heterocycles. The van der Waals surface area contributed by atoms with Crippen LogP contribution >= 0.6 is 0 Å². The highest BCUT2D eigenvalue weighted by molar-refractivity contribution is 5.82. The predicted molar refractivity (Wildman–Crippen MR) is 84.7 cm³/mol. The zero-order chi connectivity index (χ0) is 14.0. The maximum absolute atomic E-state index is 2.32. The third kappa shape index (κ3) is 2.20. The third-order valence-electron chi connectivity index (χ3n) is 3.82. The maximum Gasteiger partial charge on any atom is 0.0158 e. The van der Waals surface area contributed by atoms with Crippen LogP contribution in [-0.2, 0) is 5.41 Å². The van der Waals surface area contributed by atoms with Gasteiger partial charge in [-0.1, -0.05) is 76.6 Å². The van der Waals surface area contributed by atoms with Crippen LogP contribution in [0.3, 0.4) is 0 Å². The molecule has 0 N–H and O–H groups in total. The first-order valence-electron chi connectivity index (χ1n) is 7.24. The van der Waals surface area contributed by atoms with Crippen LogP contribution in [0.2, 0.25) is 0 Å². The zero-order valence-corrected chi connectivity index (χ0v) is 12.7. The van der Waals surface area contributed by atoms with Crippen LogP contribution in [0.1, 0.15) is 50.8 Å². The Hall–Kier alpha value is -1.56. The molecule has 0 radical (unpaired) electrons. The Bertz CT molecular complexity index is 576. The van der Waals surface area contributed by atoms with Gasteiger partial charge in [-0.25, -0.2) is 0 Å². The molecule has 1 aliphatic carbocycles. The molecule has 0 saturated carbocycles. The van der Waals surface area contributed by atoms with Gasteiger partial charge in [0.05, 0.1) is 0 Å². The lowest BCUT2D eigenvalue weighted by Gasteiger charge is -2.21. The smallest absolute Gasteiger partial charge is 0.0158 e. The lowest BCUT2D eigenvalue weighted by Crippen LogP contribution is -2.14. The number of aryl methyl sites for hydroxylation is 1. The molecule has 100 valence electrons. The van der Waals surface area contributed by atoms with Gasteiger partial charge in [-0.05, 0) is 34.7 Å². The van der Waals surface area contributed by atoms with Gasteiger partial charge in [0.25, 0.3) is 0 Å². The fourth-order valence-electron chi connectivity index (χ4n) is 2.94. The van der Waals surface area contributed by atoms with Crippen molar-refractivity contribution in [1.29, 1.82) is 0 Å². The second-order valence-corrected chi connectivity index (χ2v) is 5.88. The quantitative estimate of drug-likeness (QED) is 0.562. The summed E-state index contributed by atoms with van der Waals surface area (Å²) in [6.07, 6.45) is 1.25. The van der Waals surface area contributed by atoms with Gasteiger partial charge in [0.1, 0.15) is 0 Å². The van der Waals surface area contributed by atoms with Gasteiger partial charge in [-0.15, -0.1) is 0 Å².